The second-order valence-corrected chi connectivity index (χ2v) is 14.5. The Morgan fingerprint density at radius 3 is 2.32 bits per heavy atom. The molecule has 17 heteroatoms. The number of fused-ring (bicyclic) bond motifs is 1. The lowest BCUT2D eigenvalue weighted by Crippen LogP contribution is -2.50. The summed E-state index contributed by atoms with van der Waals surface area (Å²) in [4.78, 5) is 93.4. The van der Waals surface area contributed by atoms with Crippen LogP contribution in [0.3, 0.4) is 0 Å². The number of para-hydroxylation sites is 1. The molecule has 3 aromatic carbocycles. The second-order valence-electron chi connectivity index (χ2n) is 14.5. The predicted molar refractivity (Wildman–Crippen MR) is 219 cm³/mol. The van der Waals surface area contributed by atoms with Crippen molar-refractivity contribution in [1.82, 2.24) is 15.3 Å². The highest BCUT2D eigenvalue weighted by Gasteiger charge is 2.44. The number of carbonyl (C=O) groups is 7. The van der Waals surface area contributed by atoms with Crippen LogP contribution in [-0.4, -0.2) is 88.6 Å². The van der Waals surface area contributed by atoms with Gasteiger partial charge in [-0.2, -0.15) is 0 Å². The van der Waals surface area contributed by atoms with Gasteiger partial charge in [0.25, 0.3) is 5.91 Å². The van der Waals surface area contributed by atoms with E-state index < -0.39 is 65.9 Å². The molecule has 17 nitrogen and oxygen atoms in total. The number of hydrogen-bond acceptors (Lipinski definition) is 13. The Hall–Kier alpha value is -6.78. The minimum absolute atomic E-state index is 0.00114. The number of imidazole rings is 1. The minimum atomic E-state index is -1.42. The third kappa shape index (κ3) is 12.4. The maximum Gasteiger partial charge on any atom is 0.413 e. The molecule has 3 amide bonds. The lowest BCUT2D eigenvalue weighted by molar-refractivity contribution is -0.175. The average Bonchev–Trinajstić information content (AvgIpc) is 3.63. The molecule has 0 bridgehead atoms. The molecular weight excluding hydrogens is 778 g/mol. The van der Waals surface area contributed by atoms with Crippen molar-refractivity contribution in [3.63, 3.8) is 0 Å². The van der Waals surface area contributed by atoms with Gasteiger partial charge < -0.3 is 39.7 Å². The summed E-state index contributed by atoms with van der Waals surface area (Å²) in [7, 11) is 1.27. The number of cyclic esters (lactones) is 2. The number of ether oxygens (including phenoxy) is 4. The zero-order chi connectivity index (χ0) is 43.9. The van der Waals surface area contributed by atoms with Gasteiger partial charge in [-0.05, 0) is 56.5 Å². The smallest absolute Gasteiger partial charge is 0.413 e. The van der Waals surface area contributed by atoms with Crippen molar-refractivity contribution in [3.8, 4) is 5.75 Å². The Morgan fingerprint density at radius 1 is 0.933 bits per heavy atom. The number of aromatic hydroxyl groups is 1. The fourth-order valence-corrected chi connectivity index (χ4v) is 6.34. The Balaban J connectivity index is 0.000000303. The molecule has 2 heterocycles. The number of nitrogens with zero attached hydrogens (tertiary/aromatic N) is 1. The van der Waals surface area contributed by atoms with Gasteiger partial charge in [0, 0.05) is 17.5 Å². The van der Waals surface area contributed by atoms with E-state index in [1.807, 2.05) is 39.0 Å². The Labute approximate surface area is 346 Å². The molecular formula is C43H51N5O12. The van der Waals surface area contributed by atoms with Crippen LogP contribution >= 0.6 is 0 Å². The van der Waals surface area contributed by atoms with Crippen LogP contribution in [0, 0.1) is 11.8 Å². The zero-order valence-electron chi connectivity index (χ0n) is 34.3. The van der Waals surface area contributed by atoms with E-state index in [-0.39, 0.29) is 35.3 Å². The van der Waals surface area contributed by atoms with E-state index in [9.17, 15) is 38.7 Å². The summed E-state index contributed by atoms with van der Waals surface area (Å²) in [6.45, 7) is 8.70. The normalized spacial score (nSPS) is 18.9. The number of rotatable bonds is 14. The van der Waals surface area contributed by atoms with E-state index >= 15 is 0 Å². The standard InChI is InChI=1S/C27H38N2O9.C16H13N3O3/c1-6-7-8-10-19-24(38-21(31)13-15(2)3)17(5)37-27(35)22(16(4)36-26(19)34)29-25(33)18-11-9-12-20(23(18)32)28-14-30;1-22-16(21)19-15-17-12-8-7-11(9-13(12)18-15)14(20)10-5-3-2-4-6-10/h9,11-12,14-17,19,22,24,32H,6-8,10,13H2,1-5H3,(H,28,30)(H,29,33);2-9H,1H3,(H2,17,18,19,21). The van der Waals surface area contributed by atoms with Crippen LogP contribution in [0.5, 0.6) is 5.75 Å². The number of unbranched alkanes of at least 4 members (excludes halogenated alkanes) is 2. The number of H-pyrrole nitrogens is 1. The summed E-state index contributed by atoms with van der Waals surface area (Å²) in [5.74, 6) is -4.07. The molecule has 1 aromatic heterocycles. The van der Waals surface area contributed by atoms with E-state index in [1.165, 1.54) is 39.2 Å². The molecule has 0 radical (unpaired) electrons. The van der Waals surface area contributed by atoms with E-state index in [0.29, 0.717) is 41.4 Å². The first-order chi connectivity index (χ1) is 28.7. The SMILES string of the molecule is CCCCCC1C(=O)OC(C)C(NC(=O)c2cccc(NC=O)c2O)C(=O)OC(C)C1OC(=O)CC(C)C.COC(=O)Nc1nc2ccc(C(=O)c3ccccc3)cc2[nH]1. The van der Waals surface area contributed by atoms with E-state index in [0.717, 1.165) is 12.8 Å². The van der Waals surface area contributed by atoms with Gasteiger partial charge in [-0.15, -0.1) is 0 Å². The molecule has 60 heavy (non-hydrogen) atoms. The van der Waals surface area contributed by atoms with E-state index in [1.54, 1.807) is 30.3 Å². The number of ketones is 1. The summed E-state index contributed by atoms with van der Waals surface area (Å²) in [5, 5.41) is 17.5. The number of amides is 3. The Morgan fingerprint density at radius 2 is 1.65 bits per heavy atom. The number of methoxy groups -OCH3 is 1. The maximum atomic E-state index is 13.3. The molecule has 1 saturated heterocycles. The molecule has 5 unspecified atom stereocenters. The lowest BCUT2D eigenvalue weighted by atomic mass is 9.92. The van der Waals surface area contributed by atoms with Crippen molar-refractivity contribution in [1.29, 1.82) is 0 Å². The number of anilines is 2. The van der Waals surface area contributed by atoms with Crippen LogP contribution < -0.4 is 16.0 Å². The van der Waals surface area contributed by atoms with Crippen molar-refractivity contribution in [3.05, 3.63) is 83.4 Å². The van der Waals surface area contributed by atoms with Gasteiger partial charge in [-0.25, -0.2) is 14.6 Å². The molecule has 5 rings (SSSR count). The van der Waals surface area contributed by atoms with Gasteiger partial charge in [0.05, 0.1) is 35.3 Å². The fraction of sp³-hybridized carbons (Fsp3) is 0.395. The quantitative estimate of drug-likeness (QED) is 0.0243. The number of phenols is 1. The molecule has 1 aliphatic heterocycles. The third-order valence-electron chi connectivity index (χ3n) is 9.42. The van der Waals surface area contributed by atoms with Crippen LogP contribution in [0.2, 0.25) is 0 Å². The van der Waals surface area contributed by atoms with Crippen molar-refractivity contribution in [2.45, 2.75) is 91.1 Å². The van der Waals surface area contributed by atoms with Gasteiger partial charge >= 0.3 is 24.0 Å². The topological polar surface area (TPSA) is 241 Å². The van der Waals surface area contributed by atoms with Crippen LogP contribution in [0.15, 0.2) is 66.7 Å². The number of hydrogen-bond donors (Lipinski definition) is 5. The van der Waals surface area contributed by atoms with E-state index in [4.69, 9.17) is 14.2 Å². The summed E-state index contributed by atoms with van der Waals surface area (Å²) in [5.41, 5.74) is 2.26. The summed E-state index contributed by atoms with van der Waals surface area (Å²) >= 11 is 0. The van der Waals surface area contributed by atoms with Crippen molar-refractivity contribution < 1.29 is 57.6 Å². The van der Waals surface area contributed by atoms with Gasteiger partial charge in [-0.3, -0.25) is 29.3 Å². The highest BCUT2D eigenvalue weighted by molar-refractivity contribution is 6.10. The predicted octanol–water partition coefficient (Wildman–Crippen LogP) is 6.06. The van der Waals surface area contributed by atoms with E-state index in [2.05, 4.69) is 30.7 Å². The molecule has 5 N–H and O–H groups in total. The molecule has 5 atom stereocenters. The van der Waals surface area contributed by atoms with Gasteiger partial charge in [0.15, 0.2) is 23.7 Å². The largest absolute Gasteiger partial charge is 0.505 e. The third-order valence-corrected chi connectivity index (χ3v) is 9.42. The first-order valence-electron chi connectivity index (χ1n) is 19.5. The highest BCUT2D eigenvalue weighted by atomic mass is 16.6. The number of aromatic amines is 1. The van der Waals surface area contributed by atoms with Gasteiger partial charge in [0.1, 0.15) is 12.2 Å². The number of nitrogens with one attached hydrogen (secondary N) is 4. The molecule has 4 aromatic rings. The monoisotopic (exact) mass is 829 g/mol. The molecule has 0 spiro atoms. The molecule has 1 aliphatic rings. The maximum absolute atomic E-state index is 13.3. The molecule has 320 valence electrons. The first kappa shape index (κ1) is 45.9. The summed E-state index contributed by atoms with van der Waals surface area (Å²) in [6, 6.07) is 16.9. The van der Waals surface area contributed by atoms with Gasteiger partial charge in [0.2, 0.25) is 12.4 Å². The average molecular weight is 830 g/mol. The molecule has 0 aliphatic carbocycles. The van der Waals surface area contributed by atoms with Crippen molar-refractivity contribution in [2.24, 2.45) is 11.8 Å². The van der Waals surface area contributed by atoms with Gasteiger partial charge in [-0.1, -0.05) is 76.4 Å². The number of benzene rings is 3. The second kappa shape index (κ2) is 21.8. The Bertz CT molecular complexity index is 2150. The Kier molecular flexibility index (Phi) is 16.7. The highest BCUT2D eigenvalue weighted by Crippen LogP contribution is 2.29. The van der Waals surface area contributed by atoms with Crippen molar-refractivity contribution in [2.75, 3.05) is 17.7 Å². The van der Waals surface area contributed by atoms with Crippen LogP contribution in [0.25, 0.3) is 11.0 Å². The number of phenolic OH excluding ortho intramolecular Hbond substituents is 1. The first-order valence-corrected chi connectivity index (χ1v) is 19.5. The van der Waals surface area contributed by atoms with Crippen LogP contribution in [0.4, 0.5) is 16.4 Å². The number of aromatic nitrogens is 2. The van der Waals surface area contributed by atoms with Crippen LogP contribution in [0.1, 0.15) is 93.0 Å². The van der Waals surface area contributed by atoms with Crippen LogP contribution in [-0.2, 0) is 38.1 Å². The summed E-state index contributed by atoms with van der Waals surface area (Å²) in [6.07, 6.45) is -0.548. The lowest BCUT2D eigenvalue weighted by Gasteiger charge is -2.29. The molecule has 1 fully saturated rings. The number of esters is 3. The summed E-state index contributed by atoms with van der Waals surface area (Å²) < 4.78 is 21.4. The minimum Gasteiger partial charge on any atom is -0.505 e. The molecule has 0 saturated carbocycles. The van der Waals surface area contributed by atoms with Crippen molar-refractivity contribution >= 4 is 64.8 Å². The zero-order valence-corrected chi connectivity index (χ0v) is 34.3. The fourth-order valence-electron chi connectivity index (χ4n) is 6.34. The number of carbonyl (C=O) groups excluding carboxylic acids is 7.